The van der Waals surface area contributed by atoms with E-state index in [9.17, 15) is 0 Å². The van der Waals surface area contributed by atoms with Crippen LogP contribution in [0.25, 0.3) is 134 Å². The summed E-state index contributed by atoms with van der Waals surface area (Å²) in [5.41, 5.74) is 36.8. The van der Waals surface area contributed by atoms with Crippen LogP contribution < -0.4 is 15.6 Å². The van der Waals surface area contributed by atoms with Gasteiger partial charge in [-0.2, -0.15) is 0 Å². The van der Waals surface area contributed by atoms with Gasteiger partial charge in [0, 0.05) is 109 Å². The third-order valence-corrected chi connectivity index (χ3v) is 29.0. The first kappa shape index (κ1) is 104. The van der Waals surface area contributed by atoms with E-state index in [1.54, 1.807) is 0 Å². The number of pyridine rings is 6. The van der Waals surface area contributed by atoms with Gasteiger partial charge in [-0.15, -0.1) is 213 Å². The quantitative estimate of drug-likeness (QED) is 0.0668. The maximum atomic E-state index is 4.88. The zero-order valence-electron chi connectivity index (χ0n) is 80.2. The molecule has 0 aliphatic carbocycles. The number of hydrogen-bond donors (Lipinski definition) is 0. The van der Waals surface area contributed by atoms with Crippen LogP contribution in [0.3, 0.4) is 0 Å². The first-order valence-corrected chi connectivity index (χ1v) is 55.7. The zero-order valence-corrected chi connectivity index (χ0v) is 90.4. The zero-order chi connectivity index (χ0) is 92.6. The minimum atomic E-state index is -1.33. The molecule has 6 aromatic heterocycles. The first-order chi connectivity index (χ1) is 63.0. The van der Waals surface area contributed by atoms with Crippen molar-refractivity contribution in [2.24, 2.45) is 5.92 Å². The Morgan fingerprint density at radius 1 is 0.246 bits per heavy atom. The van der Waals surface area contributed by atoms with Gasteiger partial charge in [-0.3, -0.25) is 0 Å². The van der Waals surface area contributed by atoms with Crippen LogP contribution in [0.15, 0.2) is 371 Å². The van der Waals surface area contributed by atoms with Gasteiger partial charge in [0.25, 0.3) is 0 Å². The number of benzene rings is 12. The van der Waals surface area contributed by atoms with Crippen LogP contribution in [0, 0.1) is 90.8 Å². The van der Waals surface area contributed by atoms with Gasteiger partial charge in [-0.05, 0) is 167 Å². The van der Waals surface area contributed by atoms with Crippen molar-refractivity contribution in [1.82, 2.24) is 29.9 Å². The maximum absolute atomic E-state index is 4.88. The monoisotopic (exact) mass is 2330 g/mol. The summed E-state index contributed by atoms with van der Waals surface area (Å²) in [6.45, 7) is 40.9. The number of aryl methyl sites for hydroxylation is 7. The molecule has 12 heteroatoms. The van der Waals surface area contributed by atoms with E-state index >= 15 is 0 Å². The molecule has 18 aromatic rings. The number of aromatic nitrogens is 6. The molecule has 134 heavy (non-hydrogen) atoms. The number of nitrogens with zero attached hydrogens (tertiary/aromatic N) is 6. The fourth-order valence-electron chi connectivity index (χ4n) is 15.5. The topological polar surface area (TPSA) is 77.3 Å². The summed E-state index contributed by atoms with van der Waals surface area (Å²) in [5.74, 6) is 0.574. The van der Waals surface area contributed by atoms with E-state index in [-0.39, 0.29) is 60.3 Å². The summed E-state index contributed by atoms with van der Waals surface area (Å²) < 4.78 is 0. The van der Waals surface area contributed by atoms with Gasteiger partial charge < -0.3 is 29.9 Å². The Hall–Kier alpha value is -11.9. The van der Waals surface area contributed by atoms with Crippen molar-refractivity contribution >= 4 is 39.8 Å². The summed E-state index contributed by atoms with van der Waals surface area (Å²) in [6.07, 6.45) is 12.6. The van der Waals surface area contributed by atoms with E-state index in [0.29, 0.717) is 5.92 Å². The van der Waals surface area contributed by atoms with E-state index in [4.69, 9.17) is 15.0 Å². The molecule has 0 aliphatic heterocycles. The molecule has 0 N–H and O–H groups in total. The fraction of sp³-hybridized carbons (Fsp3) is 0.164. The summed E-state index contributed by atoms with van der Waals surface area (Å²) in [7, 11) is -3.91. The second kappa shape index (κ2) is 49.4. The Balaban J connectivity index is 0.000000172. The summed E-state index contributed by atoms with van der Waals surface area (Å²) in [6, 6.07) is 135. The molecule has 6 heterocycles. The molecule has 0 unspecified atom stereocenters. The molecule has 0 spiro atoms. The third-order valence-electron chi connectivity index (χ3n) is 22.8. The van der Waals surface area contributed by atoms with E-state index in [2.05, 4.69) is 403 Å². The average molecular weight is 2330 g/mol. The molecule has 681 valence electrons. The molecule has 0 atom stereocenters. The first-order valence-electron chi connectivity index (χ1n) is 45.2. The van der Waals surface area contributed by atoms with Crippen LogP contribution in [0.4, 0.5) is 0 Å². The molecular formula is C122H118Ir3N6Si3-6. The van der Waals surface area contributed by atoms with E-state index in [0.717, 1.165) is 74.0 Å². The van der Waals surface area contributed by atoms with Gasteiger partial charge in [0.05, 0.1) is 24.2 Å². The Morgan fingerprint density at radius 2 is 0.604 bits per heavy atom. The summed E-state index contributed by atoms with van der Waals surface area (Å²) in [4.78, 5) is 27.3. The number of hydrogen-bond acceptors (Lipinski definition) is 6. The van der Waals surface area contributed by atoms with Gasteiger partial charge in [0.2, 0.25) is 0 Å². The second-order valence-electron chi connectivity index (χ2n) is 37.1. The molecule has 18 rings (SSSR count). The van der Waals surface area contributed by atoms with Crippen LogP contribution >= 0.6 is 0 Å². The summed E-state index contributed by atoms with van der Waals surface area (Å²) >= 11 is 0. The van der Waals surface area contributed by atoms with Crippen molar-refractivity contribution in [2.75, 3.05) is 0 Å². The minimum absolute atomic E-state index is 0. The molecule has 0 bridgehead atoms. The van der Waals surface area contributed by atoms with E-state index in [1.165, 1.54) is 127 Å². The van der Waals surface area contributed by atoms with Gasteiger partial charge in [-0.25, -0.2) is 0 Å². The molecule has 12 aromatic carbocycles. The van der Waals surface area contributed by atoms with Gasteiger partial charge >= 0.3 is 0 Å². The van der Waals surface area contributed by atoms with Crippen LogP contribution in [-0.4, -0.2) is 54.1 Å². The van der Waals surface area contributed by atoms with Crippen molar-refractivity contribution in [3.05, 3.63) is 452 Å². The van der Waals surface area contributed by atoms with E-state index < -0.39 is 24.2 Å². The maximum Gasteiger partial charge on any atom is 0.0776 e. The third kappa shape index (κ3) is 29.6. The van der Waals surface area contributed by atoms with Crippen molar-refractivity contribution in [3.63, 3.8) is 0 Å². The molecule has 3 radical (unpaired) electrons. The van der Waals surface area contributed by atoms with Crippen LogP contribution in [0.2, 0.25) is 58.9 Å². The SMILES string of the molecule is CC(C)Cc1cc(-c2[c-]ccc(-c3ccccc3)c2)ncc1-c1ccc([Si](C)(C)C)cc1.Cc1c[c-]c(-c2cc(C)ccn2)cc1.Cc1cc(-c2[c-]ccc(-c3ccccc3)c2)ncc1-c1ccc([Si](C)(C)C)cc1.Cc1cc([Si](C)(C)C)cc(C)c1-c1ccc(-c2[c-]ccc(-c3ccccc3)c2)nc1.Cc1ccnc(-c2[c-]cccc2)c1.Cc1ccnc(-c2[c-]cccc2)c1.[Ir].[Ir].[Ir]. The smallest absolute Gasteiger partial charge is 0.0776 e. The van der Waals surface area contributed by atoms with Crippen molar-refractivity contribution in [3.8, 4) is 134 Å². The molecule has 0 amide bonds. The van der Waals surface area contributed by atoms with E-state index in [1.807, 2.05) is 140 Å². The standard InChI is InChI=1S/C30H32NSi.C28H28NSi.C27H26NSi.C13H12N.2C12H10N.3Ir/c1-22(2)18-27-20-30(26-13-9-12-25(19-26)23-10-7-6-8-11-23)31-21-29(27)24-14-16-28(17-15-24)32(3,4)5;1-20-16-26(30(3,4)5)17-21(2)28(20)25-14-15-27(29-19-25)24-13-9-12-23(18-24)22-10-7-6-8-11-22;1-20-17-27(24-12-8-11-23(18-24)21-9-6-5-7-10-21)28-19-26(20)22-13-15-25(16-14-22)29(2,3)4;1-10-3-5-12(6-4-10)13-9-11(2)7-8-14-13;2*1-10-7-8-13-12(9-10)11-5-3-2-4-6-11;;;/h6-12,14-17,19-22H,18H2,1-5H3;6-12,14-19H,1-5H3;5-11,13-19H,1-4H3;3-5,7-9H,1-2H3;2*2-5,7-9H,1H3;;;/q6*-1;;;. The van der Waals surface area contributed by atoms with Crippen LogP contribution in [0.5, 0.6) is 0 Å². The van der Waals surface area contributed by atoms with Crippen molar-refractivity contribution < 1.29 is 60.3 Å². The Bertz CT molecular complexity index is 6640. The minimum Gasteiger partial charge on any atom is -0.305 e. The van der Waals surface area contributed by atoms with Crippen LogP contribution in [0.1, 0.15) is 58.4 Å². The molecule has 0 fully saturated rings. The van der Waals surface area contributed by atoms with Crippen molar-refractivity contribution in [1.29, 1.82) is 0 Å². The molecule has 0 aliphatic rings. The predicted molar refractivity (Wildman–Crippen MR) is 564 cm³/mol. The normalized spacial score (nSPS) is 10.8. The van der Waals surface area contributed by atoms with Gasteiger partial charge in [-0.1, -0.05) is 306 Å². The Labute approximate surface area is 842 Å². The fourth-order valence-corrected chi connectivity index (χ4v) is 19.1. The van der Waals surface area contributed by atoms with Gasteiger partial charge in [0.15, 0.2) is 0 Å². The molecule has 0 saturated heterocycles. The largest absolute Gasteiger partial charge is 0.305 e. The molecule has 6 nitrogen and oxygen atoms in total. The van der Waals surface area contributed by atoms with Crippen LogP contribution in [-0.2, 0) is 66.7 Å². The number of rotatable bonds is 17. The predicted octanol–water partition coefficient (Wildman–Crippen LogP) is 30.3. The average Bonchev–Trinajstić information content (AvgIpc) is 0.795. The molecule has 0 saturated carbocycles. The Morgan fingerprint density at radius 3 is 0.963 bits per heavy atom. The summed E-state index contributed by atoms with van der Waals surface area (Å²) in [5, 5.41) is 4.48. The van der Waals surface area contributed by atoms with Gasteiger partial charge in [0.1, 0.15) is 0 Å². The Kier molecular flexibility index (Phi) is 38.4. The van der Waals surface area contributed by atoms with Crippen molar-refractivity contribution in [2.45, 2.75) is 128 Å². The molecular weight excluding hydrogens is 2210 g/mol. The second-order valence-corrected chi connectivity index (χ2v) is 52.3.